The number of hydrogen-bond acceptors (Lipinski definition) is 8. The van der Waals surface area contributed by atoms with Crippen molar-refractivity contribution in [1.29, 1.82) is 0 Å². The molecule has 3 aromatic rings. The number of hydrogen-bond donors (Lipinski definition) is 2. The normalized spacial score (nSPS) is 14.3. The maximum atomic E-state index is 5.62. The molecule has 8 nitrogen and oxygen atoms in total. The second kappa shape index (κ2) is 7.15. The molecule has 0 saturated heterocycles. The summed E-state index contributed by atoms with van der Waals surface area (Å²) in [5.74, 6) is 4.26. The van der Waals surface area contributed by atoms with E-state index in [1.54, 1.807) is 0 Å². The lowest BCUT2D eigenvalue weighted by Gasteiger charge is -2.19. The largest absolute Gasteiger partial charge is 0.486 e. The molecule has 0 unspecified atom stereocenters. The molecule has 0 fully saturated rings. The van der Waals surface area contributed by atoms with Crippen LogP contribution in [0, 0.1) is 0 Å². The molecule has 0 aliphatic carbocycles. The summed E-state index contributed by atoms with van der Waals surface area (Å²) in [6.07, 6.45) is 1.50. The Balaban J connectivity index is 1.32. The van der Waals surface area contributed by atoms with Crippen molar-refractivity contribution in [1.82, 2.24) is 9.97 Å². The van der Waals surface area contributed by atoms with Gasteiger partial charge >= 0.3 is 0 Å². The quantitative estimate of drug-likeness (QED) is 0.713. The lowest BCUT2D eigenvalue weighted by molar-refractivity contribution is 0.171. The summed E-state index contributed by atoms with van der Waals surface area (Å²) < 4.78 is 22.3. The van der Waals surface area contributed by atoms with E-state index in [1.807, 2.05) is 42.5 Å². The molecule has 0 bridgehead atoms. The molecule has 2 aliphatic rings. The van der Waals surface area contributed by atoms with Crippen molar-refractivity contribution in [3.8, 4) is 23.0 Å². The van der Waals surface area contributed by atoms with Crippen LogP contribution in [0.1, 0.15) is 0 Å². The van der Waals surface area contributed by atoms with Crippen LogP contribution in [0.2, 0.25) is 0 Å². The lowest BCUT2D eigenvalue weighted by Crippen LogP contribution is -2.15. The van der Waals surface area contributed by atoms with Gasteiger partial charge in [0.15, 0.2) is 23.0 Å². The first-order valence-electron chi connectivity index (χ1n) is 8.99. The Morgan fingerprint density at radius 3 is 1.54 bits per heavy atom. The molecular formula is C20H18N4O4. The summed E-state index contributed by atoms with van der Waals surface area (Å²) in [5, 5.41) is 6.52. The van der Waals surface area contributed by atoms with Gasteiger partial charge in [-0.15, -0.1) is 0 Å². The van der Waals surface area contributed by atoms with Crippen molar-refractivity contribution < 1.29 is 18.9 Å². The average molecular weight is 378 g/mol. The fourth-order valence-corrected chi connectivity index (χ4v) is 3.03. The Morgan fingerprint density at radius 2 is 1.04 bits per heavy atom. The molecule has 28 heavy (non-hydrogen) atoms. The smallest absolute Gasteiger partial charge is 0.163 e. The first-order chi connectivity index (χ1) is 13.8. The van der Waals surface area contributed by atoms with E-state index in [9.17, 15) is 0 Å². The fourth-order valence-electron chi connectivity index (χ4n) is 3.03. The van der Waals surface area contributed by atoms with E-state index >= 15 is 0 Å². The summed E-state index contributed by atoms with van der Waals surface area (Å²) in [7, 11) is 0. The number of ether oxygens (including phenoxy) is 4. The van der Waals surface area contributed by atoms with Crippen molar-refractivity contribution in [3.05, 3.63) is 48.8 Å². The number of rotatable bonds is 4. The molecule has 2 aliphatic heterocycles. The summed E-state index contributed by atoms with van der Waals surface area (Å²) in [6.45, 7) is 2.24. The van der Waals surface area contributed by atoms with Crippen molar-refractivity contribution in [2.75, 3.05) is 37.1 Å². The van der Waals surface area contributed by atoms with E-state index in [2.05, 4.69) is 20.6 Å². The zero-order chi connectivity index (χ0) is 18.8. The van der Waals surface area contributed by atoms with Gasteiger partial charge in [-0.25, -0.2) is 9.97 Å². The minimum Gasteiger partial charge on any atom is -0.486 e. The second-order valence-electron chi connectivity index (χ2n) is 6.26. The number of nitrogens with one attached hydrogen (secondary N) is 2. The molecule has 0 radical (unpaired) electrons. The summed E-state index contributed by atoms with van der Waals surface area (Å²) in [5.41, 5.74) is 1.71. The van der Waals surface area contributed by atoms with Crippen LogP contribution in [-0.2, 0) is 0 Å². The van der Waals surface area contributed by atoms with Crippen LogP contribution in [0.3, 0.4) is 0 Å². The Morgan fingerprint density at radius 1 is 0.571 bits per heavy atom. The van der Waals surface area contributed by atoms with Gasteiger partial charge in [0.2, 0.25) is 0 Å². The third-order valence-corrected chi connectivity index (χ3v) is 4.30. The van der Waals surface area contributed by atoms with Crippen molar-refractivity contribution in [3.63, 3.8) is 0 Å². The predicted molar refractivity (Wildman–Crippen MR) is 103 cm³/mol. The minimum absolute atomic E-state index is 0.549. The summed E-state index contributed by atoms with van der Waals surface area (Å²) in [6, 6.07) is 13.2. The second-order valence-corrected chi connectivity index (χ2v) is 6.26. The van der Waals surface area contributed by atoms with E-state index in [-0.39, 0.29) is 0 Å². The molecule has 0 spiro atoms. The third kappa shape index (κ3) is 3.44. The highest BCUT2D eigenvalue weighted by Crippen LogP contribution is 2.35. The third-order valence-electron chi connectivity index (χ3n) is 4.30. The van der Waals surface area contributed by atoms with Gasteiger partial charge in [0.05, 0.1) is 0 Å². The SMILES string of the molecule is c1nc(Nc2ccc3c(c2)OCCO3)cc(Nc2ccc3c(c2)OCCO3)n1. The number of aromatic nitrogens is 2. The van der Waals surface area contributed by atoms with Gasteiger partial charge in [0.1, 0.15) is 44.4 Å². The Bertz CT molecular complexity index is 934. The van der Waals surface area contributed by atoms with Gasteiger partial charge < -0.3 is 29.6 Å². The van der Waals surface area contributed by atoms with Crippen molar-refractivity contribution >= 4 is 23.0 Å². The molecule has 1 aromatic heterocycles. The minimum atomic E-state index is 0.549. The van der Waals surface area contributed by atoms with Gasteiger partial charge in [0.25, 0.3) is 0 Å². The molecular weight excluding hydrogens is 360 g/mol. The number of fused-ring (bicyclic) bond motifs is 2. The Kier molecular flexibility index (Phi) is 4.21. The number of anilines is 4. The van der Waals surface area contributed by atoms with Crippen LogP contribution in [0.25, 0.3) is 0 Å². The molecule has 2 aromatic carbocycles. The van der Waals surface area contributed by atoms with E-state index in [0.717, 1.165) is 34.4 Å². The van der Waals surface area contributed by atoms with Gasteiger partial charge in [0, 0.05) is 29.6 Å². The molecule has 0 atom stereocenters. The molecule has 3 heterocycles. The zero-order valence-electron chi connectivity index (χ0n) is 15.0. The zero-order valence-corrected chi connectivity index (χ0v) is 15.0. The molecule has 2 N–H and O–H groups in total. The standard InChI is InChI=1S/C20H18N4O4/c1-3-15-17(27-7-5-25-15)9-13(1)23-19-11-20(22-12-21-19)24-14-2-4-16-18(10-14)28-8-6-26-16/h1-4,9-12H,5-8H2,(H2,21,22,23,24). The van der Waals surface area contributed by atoms with E-state index in [0.29, 0.717) is 38.1 Å². The summed E-state index contributed by atoms with van der Waals surface area (Å²) >= 11 is 0. The van der Waals surface area contributed by atoms with Gasteiger partial charge in [-0.2, -0.15) is 0 Å². The molecule has 5 rings (SSSR count). The fraction of sp³-hybridized carbons (Fsp3) is 0.200. The highest BCUT2D eigenvalue weighted by Gasteiger charge is 2.13. The number of benzene rings is 2. The van der Waals surface area contributed by atoms with Crippen LogP contribution in [-0.4, -0.2) is 36.4 Å². The first-order valence-corrected chi connectivity index (χ1v) is 8.99. The van der Waals surface area contributed by atoms with E-state index < -0.39 is 0 Å². The van der Waals surface area contributed by atoms with Crippen LogP contribution in [0.5, 0.6) is 23.0 Å². The monoisotopic (exact) mass is 378 g/mol. The predicted octanol–water partition coefficient (Wildman–Crippen LogP) is 3.51. The average Bonchev–Trinajstić information content (AvgIpc) is 2.74. The topological polar surface area (TPSA) is 86.8 Å². The lowest BCUT2D eigenvalue weighted by atomic mass is 10.2. The van der Waals surface area contributed by atoms with Crippen molar-refractivity contribution in [2.24, 2.45) is 0 Å². The van der Waals surface area contributed by atoms with E-state index in [4.69, 9.17) is 18.9 Å². The van der Waals surface area contributed by atoms with Crippen LogP contribution in [0.4, 0.5) is 23.0 Å². The van der Waals surface area contributed by atoms with Crippen LogP contribution < -0.4 is 29.6 Å². The van der Waals surface area contributed by atoms with Gasteiger partial charge in [-0.05, 0) is 24.3 Å². The first kappa shape index (κ1) is 16.5. The van der Waals surface area contributed by atoms with Gasteiger partial charge in [-0.1, -0.05) is 0 Å². The molecule has 8 heteroatoms. The van der Waals surface area contributed by atoms with E-state index in [1.165, 1.54) is 6.33 Å². The maximum Gasteiger partial charge on any atom is 0.163 e. The highest BCUT2D eigenvalue weighted by molar-refractivity contribution is 5.66. The van der Waals surface area contributed by atoms with Crippen molar-refractivity contribution in [2.45, 2.75) is 0 Å². The van der Waals surface area contributed by atoms with Crippen LogP contribution >= 0.6 is 0 Å². The summed E-state index contributed by atoms with van der Waals surface area (Å²) in [4.78, 5) is 8.56. The molecule has 0 saturated carbocycles. The highest BCUT2D eigenvalue weighted by atomic mass is 16.6. The number of nitrogens with zero attached hydrogens (tertiary/aromatic N) is 2. The molecule has 142 valence electrons. The molecule has 0 amide bonds. The maximum absolute atomic E-state index is 5.62. The van der Waals surface area contributed by atoms with Crippen LogP contribution in [0.15, 0.2) is 48.8 Å². The Hall–Kier alpha value is -3.68. The van der Waals surface area contributed by atoms with Gasteiger partial charge in [-0.3, -0.25) is 0 Å². The Labute approximate surface area is 161 Å².